The van der Waals surface area contributed by atoms with Gasteiger partial charge < -0.3 is 9.32 Å². The molecule has 7 nitrogen and oxygen atoms in total. The summed E-state index contributed by atoms with van der Waals surface area (Å²) in [7, 11) is 0. The van der Waals surface area contributed by atoms with Gasteiger partial charge in [-0.05, 0) is 32.0 Å². The van der Waals surface area contributed by atoms with E-state index in [-0.39, 0.29) is 5.69 Å². The zero-order valence-corrected chi connectivity index (χ0v) is 17.3. The summed E-state index contributed by atoms with van der Waals surface area (Å²) in [6.45, 7) is 5.89. The van der Waals surface area contributed by atoms with Crippen LogP contribution >= 0.6 is 11.3 Å². The van der Waals surface area contributed by atoms with Crippen molar-refractivity contribution in [3.63, 3.8) is 0 Å². The van der Waals surface area contributed by atoms with E-state index in [2.05, 4.69) is 23.7 Å². The molecule has 0 atom stereocenters. The van der Waals surface area contributed by atoms with E-state index in [1.54, 1.807) is 23.6 Å². The maximum absolute atomic E-state index is 12.6. The molecule has 0 N–H and O–H groups in total. The highest BCUT2D eigenvalue weighted by Gasteiger charge is 2.15. The molecule has 2 heterocycles. The first kappa shape index (κ1) is 19.8. The quantitative estimate of drug-likeness (QED) is 0.237. The van der Waals surface area contributed by atoms with Crippen molar-refractivity contribution in [2.45, 2.75) is 13.8 Å². The van der Waals surface area contributed by atoms with E-state index in [1.165, 1.54) is 23.5 Å². The van der Waals surface area contributed by atoms with Crippen LogP contribution in [0.15, 0.2) is 63.1 Å². The van der Waals surface area contributed by atoms with Crippen LogP contribution < -0.4 is 10.5 Å². The predicted molar refractivity (Wildman–Crippen MR) is 119 cm³/mol. The molecule has 0 aliphatic heterocycles. The van der Waals surface area contributed by atoms with Crippen molar-refractivity contribution >= 4 is 33.7 Å². The SMILES string of the molecule is CCN(CC)c1ccc2cc(-c3nc(-c4cccc([N+](=O)[O-])c4)cs3)c(=O)oc2c1. The van der Waals surface area contributed by atoms with Crippen LogP contribution in [-0.2, 0) is 0 Å². The summed E-state index contributed by atoms with van der Waals surface area (Å²) in [5.41, 5.74) is 2.65. The van der Waals surface area contributed by atoms with Gasteiger partial charge in [0.05, 0.1) is 16.2 Å². The number of anilines is 1. The first-order valence-corrected chi connectivity index (χ1v) is 10.4. The second-order valence-electron chi connectivity index (χ2n) is 6.69. The van der Waals surface area contributed by atoms with Crippen molar-refractivity contribution in [1.82, 2.24) is 4.98 Å². The molecule has 0 aliphatic rings. The number of non-ortho nitro benzene ring substituents is 1. The van der Waals surface area contributed by atoms with Gasteiger partial charge in [-0.1, -0.05) is 12.1 Å². The molecule has 2 aromatic carbocycles. The minimum Gasteiger partial charge on any atom is -0.422 e. The molecule has 0 bridgehead atoms. The lowest BCUT2D eigenvalue weighted by Gasteiger charge is -2.20. The Kier molecular flexibility index (Phi) is 5.33. The fourth-order valence-electron chi connectivity index (χ4n) is 3.34. The fourth-order valence-corrected chi connectivity index (χ4v) is 4.18. The lowest BCUT2D eigenvalue weighted by molar-refractivity contribution is -0.384. The summed E-state index contributed by atoms with van der Waals surface area (Å²) < 4.78 is 5.59. The standard InChI is InChI=1S/C22H19N3O4S/c1-3-24(4-2)16-9-8-15-11-18(22(26)29-20(15)12-16)21-23-19(13-30-21)14-6-5-7-17(10-14)25(27)28/h5-13H,3-4H2,1-2H3. The average molecular weight is 421 g/mol. The van der Waals surface area contributed by atoms with E-state index in [0.29, 0.717) is 27.4 Å². The number of nitrogens with zero attached hydrogens (tertiary/aromatic N) is 3. The monoisotopic (exact) mass is 421 g/mol. The summed E-state index contributed by atoms with van der Waals surface area (Å²) in [5.74, 6) is 0. The molecule has 2 aromatic heterocycles. The first-order chi connectivity index (χ1) is 14.5. The Morgan fingerprint density at radius 3 is 2.67 bits per heavy atom. The average Bonchev–Trinajstić information content (AvgIpc) is 3.24. The van der Waals surface area contributed by atoms with Crippen LogP contribution in [0, 0.1) is 10.1 Å². The molecule has 0 saturated carbocycles. The molecule has 152 valence electrons. The van der Waals surface area contributed by atoms with Crippen molar-refractivity contribution in [3.05, 3.63) is 74.4 Å². The zero-order valence-electron chi connectivity index (χ0n) is 16.5. The lowest BCUT2D eigenvalue weighted by atomic mass is 10.1. The largest absolute Gasteiger partial charge is 0.422 e. The molecule has 0 amide bonds. The Morgan fingerprint density at radius 2 is 1.93 bits per heavy atom. The van der Waals surface area contributed by atoms with Gasteiger partial charge in [-0.15, -0.1) is 11.3 Å². The smallest absolute Gasteiger partial charge is 0.346 e. The van der Waals surface area contributed by atoms with Crippen molar-refractivity contribution in [3.8, 4) is 21.8 Å². The van der Waals surface area contributed by atoms with Crippen LogP contribution in [0.1, 0.15) is 13.8 Å². The molecule has 8 heteroatoms. The van der Waals surface area contributed by atoms with E-state index in [1.807, 2.05) is 18.2 Å². The van der Waals surface area contributed by atoms with E-state index in [9.17, 15) is 14.9 Å². The third-order valence-electron chi connectivity index (χ3n) is 4.94. The van der Waals surface area contributed by atoms with Crippen LogP contribution in [0.25, 0.3) is 32.8 Å². The van der Waals surface area contributed by atoms with E-state index >= 15 is 0 Å². The summed E-state index contributed by atoms with van der Waals surface area (Å²) >= 11 is 1.30. The molecule has 0 spiro atoms. The van der Waals surface area contributed by atoms with E-state index < -0.39 is 10.5 Å². The molecule has 4 aromatic rings. The van der Waals surface area contributed by atoms with Gasteiger partial charge in [0.2, 0.25) is 0 Å². The van der Waals surface area contributed by atoms with Gasteiger partial charge in [0.1, 0.15) is 10.6 Å². The van der Waals surface area contributed by atoms with Crippen LogP contribution in [0.2, 0.25) is 0 Å². The molecule has 0 aliphatic carbocycles. The Labute approximate surface area is 176 Å². The van der Waals surface area contributed by atoms with Gasteiger partial charge in [-0.2, -0.15) is 0 Å². The number of hydrogen-bond acceptors (Lipinski definition) is 7. The van der Waals surface area contributed by atoms with Gasteiger partial charge in [-0.3, -0.25) is 10.1 Å². The van der Waals surface area contributed by atoms with Gasteiger partial charge in [0.15, 0.2) is 0 Å². The maximum Gasteiger partial charge on any atom is 0.346 e. The maximum atomic E-state index is 12.6. The fraction of sp³-hybridized carbons (Fsp3) is 0.182. The third kappa shape index (κ3) is 3.69. The Balaban J connectivity index is 1.73. The van der Waals surface area contributed by atoms with Crippen molar-refractivity contribution in [2.24, 2.45) is 0 Å². The topological polar surface area (TPSA) is 89.5 Å². The van der Waals surface area contributed by atoms with Crippen molar-refractivity contribution < 1.29 is 9.34 Å². The van der Waals surface area contributed by atoms with Crippen LogP contribution in [0.4, 0.5) is 11.4 Å². The van der Waals surface area contributed by atoms with Gasteiger partial charge in [0.25, 0.3) is 5.69 Å². The second-order valence-corrected chi connectivity index (χ2v) is 7.55. The summed E-state index contributed by atoms with van der Waals surface area (Å²) in [5, 5.41) is 14.1. The molecule has 30 heavy (non-hydrogen) atoms. The lowest BCUT2D eigenvalue weighted by Crippen LogP contribution is -2.21. The van der Waals surface area contributed by atoms with Crippen LogP contribution in [-0.4, -0.2) is 23.0 Å². The Morgan fingerprint density at radius 1 is 1.13 bits per heavy atom. The highest BCUT2D eigenvalue weighted by molar-refractivity contribution is 7.13. The van der Waals surface area contributed by atoms with Crippen LogP contribution in [0.3, 0.4) is 0 Å². The normalized spacial score (nSPS) is 11.0. The molecule has 4 rings (SSSR count). The van der Waals surface area contributed by atoms with Gasteiger partial charge in [0, 0.05) is 53.3 Å². The molecular weight excluding hydrogens is 402 g/mol. The predicted octanol–water partition coefficient (Wildman–Crippen LogP) is 5.34. The Hall–Kier alpha value is -3.52. The number of nitro benzene ring substituents is 1. The number of rotatable bonds is 6. The van der Waals surface area contributed by atoms with E-state index in [4.69, 9.17) is 4.42 Å². The second kappa shape index (κ2) is 8.08. The summed E-state index contributed by atoms with van der Waals surface area (Å²) in [6.07, 6.45) is 0. The number of aromatic nitrogens is 1. The minimum absolute atomic E-state index is 0.00345. The van der Waals surface area contributed by atoms with Crippen molar-refractivity contribution in [2.75, 3.05) is 18.0 Å². The highest BCUT2D eigenvalue weighted by Crippen LogP contribution is 2.31. The third-order valence-corrected chi connectivity index (χ3v) is 5.81. The number of nitro groups is 1. The minimum atomic E-state index is -0.459. The first-order valence-electron chi connectivity index (χ1n) is 9.53. The van der Waals surface area contributed by atoms with Crippen molar-refractivity contribution in [1.29, 1.82) is 0 Å². The Bertz CT molecular complexity index is 1290. The van der Waals surface area contributed by atoms with Crippen LogP contribution in [0.5, 0.6) is 0 Å². The number of benzene rings is 2. The number of fused-ring (bicyclic) bond motifs is 1. The summed E-state index contributed by atoms with van der Waals surface area (Å²) in [6, 6.07) is 13.9. The molecule has 0 saturated heterocycles. The summed E-state index contributed by atoms with van der Waals surface area (Å²) in [4.78, 5) is 29.9. The molecule has 0 fully saturated rings. The zero-order chi connectivity index (χ0) is 21.3. The van der Waals surface area contributed by atoms with Gasteiger partial charge >= 0.3 is 5.63 Å². The van der Waals surface area contributed by atoms with E-state index in [0.717, 1.165) is 24.2 Å². The van der Waals surface area contributed by atoms with Gasteiger partial charge in [-0.25, -0.2) is 9.78 Å². The molecular formula is C22H19N3O4S. The number of thiazole rings is 1. The molecule has 0 unspecified atom stereocenters. The highest BCUT2D eigenvalue weighted by atomic mass is 32.1. The molecule has 0 radical (unpaired) electrons. The number of hydrogen-bond donors (Lipinski definition) is 0.